The second-order valence-corrected chi connectivity index (χ2v) is 5.23. The van der Waals surface area contributed by atoms with Gasteiger partial charge in [0.2, 0.25) is 0 Å². The Morgan fingerprint density at radius 2 is 1.29 bits per heavy atom. The monoisotopic (exact) mass is 204 g/mol. The molecule has 0 radical (unpaired) electrons. The van der Waals surface area contributed by atoms with Crippen molar-refractivity contribution in [3.8, 4) is 0 Å². The SMILES string of the molecule is C.CC(C)C(C)F.CC(C)C1(C)CC1. The average molecular weight is 204 g/mol. The molecular formula is C13H29F. The van der Waals surface area contributed by atoms with Gasteiger partial charge < -0.3 is 0 Å². The van der Waals surface area contributed by atoms with Gasteiger partial charge in [-0.05, 0) is 37.0 Å². The zero-order valence-corrected chi connectivity index (χ0v) is 10.0. The van der Waals surface area contributed by atoms with E-state index < -0.39 is 6.17 Å². The summed E-state index contributed by atoms with van der Waals surface area (Å²) in [6.07, 6.45) is 2.28. The molecule has 1 saturated carbocycles. The van der Waals surface area contributed by atoms with Crippen LogP contribution in [0.4, 0.5) is 4.39 Å². The Morgan fingerprint density at radius 1 is 1.00 bits per heavy atom. The Balaban J connectivity index is 0. The van der Waals surface area contributed by atoms with Gasteiger partial charge in [-0.15, -0.1) is 0 Å². The molecule has 1 unspecified atom stereocenters. The Bertz CT molecular complexity index is 126. The molecule has 0 saturated heterocycles. The highest BCUT2D eigenvalue weighted by Crippen LogP contribution is 2.50. The van der Waals surface area contributed by atoms with Crippen molar-refractivity contribution in [1.82, 2.24) is 0 Å². The molecule has 0 nitrogen and oxygen atoms in total. The van der Waals surface area contributed by atoms with Crippen molar-refractivity contribution >= 4 is 0 Å². The number of hydrogen-bond acceptors (Lipinski definition) is 0. The Hall–Kier alpha value is -0.0700. The molecule has 1 heteroatoms. The zero-order chi connectivity index (χ0) is 10.6. The molecule has 0 aromatic carbocycles. The summed E-state index contributed by atoms with van der Waals surface area (Å²) < 4.78 is 11.8. The van der Waals surface area contributed by atoms with Crippen molar-refractivity contribution in [1.29, 1.82) is 0 Å². The van der Waals surface area contributed by atoms with E-state index in [0.29, 0.717) is 0 Å². The van der Waals surface area contributed by atoms with Crippen molar-refractivity contribution in [2.75, 3.05) is 0 Å². The van der Waals surface area contributed by atoms with Crippen molar-refractivity contribution in [3.05, 3.63) is 0 Å². The highest BCUT2D eigenvalue weighted by atomic mass is 19.1. The smallest absolute Gasteiger partial charge is 0.0996 e. The lowest BCUT2D eigenvalue weighted by atomic mass is 9.95. The molecule has 0 N–H and O–H groups in total. The summed E-state index contributed by atoms with van der Waals surface area (Å²) in [7, 11) is 0. The zero-order valence-electron chi connectivity index (χ0n) is 10.0. The lowest BCUT2D eigenvalue weighted by molar-refractivity contribution is 0.280. The van der Waals surface area contributed by atoms with E-state index in [2.05, 4.69) is 20.8 Å². The van der Waals surface area contributed by atoms with E-state index in [4.69, 9.17) is 0 Å². The first-order valence-corrected chi connectivity index (χ1v) is 5.43. The van der Waals surface area contributed by atoms with Crippen molar-refractivity contribution in [2.45, 2.75) is 68.0 Å². The molecule has 0 heterocycles. The summed E-state index contributed by atoms with van der Waals surface area (Å²) in [6, 6.07) is 0. The van der Waals surface area contributed by atoms with E-state index in [-0.39, 0.29) is 13.3 Å². The molecule has 0 spiro atoms. The molecular weight excluding hydrogens is 175 g/mol. The van der Waals surface area contributed by atoms with Crippen molar-refractivity contribution < 1.29 is 4.39 Å². The van der Waals surface area contributed by atoms with Crippen LogP contribution in [0.25, 0.3) is 0 Å². The van der Waals surface area contributed by atoms with Crippen molar-refractivity contribution in [3.63, 3.8) is 0 Å². The van der Waals surface area contributed by atoms with E-state index in [1.165, 1.54) is 12.8 Å². The first-order valence-electron chi connectivity index (χ1n) is 5.43. The van der Waals surface area contributed by atoms with Crippen LogP contribution in [0.1, 0.15) is 61.8 Å². The Labute approximate surface area is 90.3 Å². The minimum Gasteiger partial charge on any atom is -0.248 e. The van der Waals surface area contributed by atoms with E-state index in [1.54, 1.807) is 6.92 Å². The van der Waals surface area contributed by atoms with Crippen LogP contribution in [0.15, 0.2) is 0 Å². The molecule has 1 atom stereocenters. The summed E-state index contributed by atoms with van der Waals surface area (Å²) in [6.45, 7) is 12.3. The predicted molar refractivity (Wildman–Crippen MR) is 64.3 cm³/mol. The molecule has 0 aromatic rings. The second-order valence-electron chi connectivity index (χ2n) is 5.23. The van der Waals surface area contributed by atoms with Gasteiger partial charge in [-0.1, -0.05) is 42.0 Å². The van der Waals surface area contributed by atoms with Gasteiger partial charge in [0.25, 0.3) is 0 Å². The van der Waals surface area contributed by atoms with Gasteiger partial charge >= 0.3 is 0 Å². The van der Waals surface area contributed by atoms with E-state index in [0.717, 1.165) is 11.3 Å². The first kappa shape index (κ1) is 16.4. The van der Waals surface area contributed by atoms with Crippen LogP contribution in [-0.4, -0.2) is 6.17 Å². The Kier molecular flexibility index (Phi) is 7.50. The highest BCUT2D eigenvalue weighted by Gasteiger charge is 2.39. The molecule has 0 bridgehead atoms. The molecule has 1 rings (SSSR count). The minimum atomic E-state index is -0.648. The third kappa shape index (κ3) is 6.39. The average Bonchev–Trinajstić information content (AvgIpc) is 2.70. The maximum atomic E-state index is 11.8. The fourth-order valence-electron chi connectivity index (χ4n) is 0.775. The summed E-state index contributed by atoms with van der Waals surface area (Å²) in [5, 5.41) is 0. The van der Waals surface area contributed by atoms with E-state index >= 15 is 0 Å². The van der Waals surface area contributed by atoms with Crippen LogP contribution in [-0.2, 0) is 0 Å². The summed E-state index contributed by atoms with van der Waals surface area (Å²) in [5.74, 6) is 1.09. The number of rotatable bonds is 2. The number of alkyl halides is 1. The Morgan fingerprint density at radius 3 is 1.29 bits per heavy atom. The minimum absolute atomic E-state index is 0. The first-order chi connectivity index (χ1) is 5.79. The summed E-state index contributed by atoms with van der Waals surface area (Å²) in [4.78, 5) is 0. The third-order valence-electron chi connectivity index (χ3n) is 3.35. The lowest BCUT2D eigenvalue weighted by Crippen LogP contribution is -2.01. The molecule has 0 aromatic heterocycles. The fraction of sp³-hybridized carbons (Fsp3) is 1.00. The number of halogens is 1. The van der Waals surface area contributed by atoms with Crippen molar-refractivity contribution in [2.24, 2.45) is 17.3 Å². The third-order valence-corrected chi connectivity index (χ3v) is 3.35. The molecule has 14 heavy (non-hydrogen) atoms. The molecule has 1 fully saturated rings. The standard InChI is InChI=1S/C7H14.C5H11F.CH4/c1-6(2)7(3)4-5-7;1-4(2)5(3)6;/h6H,4-5H2,1-3H3;4-5H,1-3H3;1H4. The van der Waals surface area contributed by atoms with E-state index in [1.807, 2.05) is 13.8 Å². The van der Waals surface area contributed by atoms with Gasteiger partial charge in [0, 0.05) is 0 Å². The van der Waals surface area contributed by atoms with Gasteiger partial charge in [0.05, 0.1) is 6.17 Å². The quantitative estimate of drug-likeness (QED) is 0.588. The maximum absolute atomic E-state index is 11.8. The maximum Gasteiger partial charge on any atom is 0.0996 e. The second kappa shape index (κ2) is 6.42. The van der Waals surface area contributed by atoms with E-state index in [9.17, 15) is 4.39 Å². The van der Waals surface area contributed by atoms with Gasteiger partial charge in [0.15, 0.2) is 0 Å². The lowest BCUT2D eigenvalue weighted by Gasteiger charge is -2.10. The van der Waals surface area contributed by atoms with Crippen LogP contribution >= 0.6 is 0 Å². The van der Waals surface area contributed by atoms with Crippen LogP contribution in [0.5, 0.6) is 0 Å². The van der Waals surface area contributed by atoms with Crippen LogP contribution < -0.4 is 0 Å². The van der Waals surface area contributed by atoms with Gasteiger partial charge in [0.1, 0.15) is 0 Å². The molecule has 1 aliphatic rings. The van der Waals surface area contributed by atoms with Crippen LogP contribution in [0.2, 0.25) is 0 Å². The van der Waals surface area contributed by atoms with Crippen LogP contribution in [0.3, 0.4) is 0 Å². The molecule has 0 aliphatic heterocycles. The predicted octanol–water partition coefficient (Wildman–Crippen LogP) is 5.08. The van der Waals surface area contributed by atoms with Gasteiger partial charge in [-0.3, -0.25) is 0 Å². The molecule has 88 valence electrons. The van der Waals surface area contributed by atoms with Crippen LogP contribution in [0, 0.1) is 17.3 Å². The largest absolute Gasteiger partial charge is 0.248 e. The summed E-state index contributed by atoms with van der Waals surface area (Å²) in [5.41, 5.74) is 0.750. The topological polar surface area (TPSA) is 0 Å². The highest BCUT2D eigenvalue weighted by molar-refractivity contribution is 4.90. The fourth-order valence-corrected chi connectivity index (χ4v) is 0.775. The van der Waals surface area contributed by atoms with Gasteiger partial charge in [-0.25, -0.2) is 4.39 Å². The normalized spacial score (nSPS) is 19.5. The molecule has 1 aliphatic carbocycles. The molecule has 0 amide bonds. The number of hydrogen-bond donors (Lipinski definition) is 0. The summed E-state index contributed by atoms with van der Waals surface area (Å²) >= 11 is 0. The van der Waals surface area contributed by atoms with Gasteiger partial charge in [-0.2, -0.15) is 0 Å².